The second-order valence-corrected chi connectivity index (χ2v) is 8.79. The van der Waals surface area contributed by atoms with Crippen molar-refractivity contribution in [2.45, 2.75) is 39.2 Å². The van der Waals surface area contributed by atoms with E-state index in [4.69, 9.17) is 11.6 Å². The first-order valence-corrected chi connectivity index (χ1v) is 11.1. The van der Waals surface area contributed by atoms with Crippen LogP contribution in [0.1, 0.15) is 44.0 Å². The summed E-state index contributed by atoms with van der Waals surface area (Å²) in [6.07, 6.45) is 7.12. The van der Waals surface area contributed by atoms with E-state index in [0.717, 1.165) is 55.4 Å². The van der Waals surface area contributed by atoms with Crippen molar-refractivity contribution in [1.82, 2.24) is 14.5 Å². The molecule has 0 atom stereocenters. The molecule has 3 aromatic rings. The van der Waals surface area contributed by atoms with Gasteiger partial charge in [0.15, 0.2) is 0 Å². The van der Waals surface area contributed by atoms with E-state index in [-0.39, 0.29) is 11.8 Å². The van der Waals surface area contributed by atoms with Gasteiger partial charge in [0.1, 0.15) is 11.6 Å². The Morgan fingerprint density at radius 1 is 1.19 bits per heavy atom. The first kappa shape index (κ1) is 21.4. The van der Waals surface area contributed by atoms with Crippen molar-refractivity contribution in [3.05, 3.63) is 71.4 Å². The molecule has 1 amide bonds. The van der Waals surface area contributed by atoms with Gasteiger partial charge in [-0.1, -0.05) is 37.6 Å². The number of pyridine rings is 1. The van der Waals surface area contributed by atoms with Crippen LogP contribution < -0.4 is 10.2 Å². The quantitative estimate of drug-likeness (QED) is 0.592. The minimum atomic E-state index is 0.00778. The van der Waals surface area contributed by atoms with Crippen LogP contribution in [-0.4, -0.2) is 33.5 Å². The van der Waals surface area contributed by atoms with Crippen molar-refractivity contribution in [2.24, 2.45) is 5.92 Å². The number of aromatic nitrogens is 3. The largest absolute Gasteiger partial charge is 0.357 e. The number of hydrogen-bond donors (Lipinski definition) is 1. The van der Waals surface area contributed by atoms with Crippen LogP contribution in [-0.2, 0) is 11.3 Å². The predicted molar refractivity (Wildman–Crippen MR) is 125 cm³/mol. The molecule has 6 nitrogen and oxygen atoms in total. The smallest absolute Gasteiger partial charge is 0.227 e. The molecular formula is C24H28ClN5O. The molecule has 3 heterocycles. The number of piperidine rings is 1. The molecule has 1 fully saturated rings. The van der Waals surface area contributed by atoms with Crippen LogP contribution in [0.15, 0.2) is 55.0 Å². The van der Waals surface area contributed by atoms with E-state index in [1.165, 1.54) is 0 Å². The van der Waals surface area contributed by atoms with Crippen LogP contribution in [0.4, 0.5) is 11.5 Å². The van der Waals surface area contributed by atoms with Gasteiger partial charge in [-0.3, -0.25) is 4.79 Å². The van der Waals surface area contributed by atoms with Crippen molar-refractivity contribution in [3.8, 4) is 0 Å². The first-order chi connectivity index (χ1) is 15.0. The molecule has 1 aliphatic rings. The van der Waals surface area contributed by atoms with E-state index in [1.807, 2.05) is 36.7 Å². The van der Waals surface area contributed by atoms with Gasteiger partial charge in [0.05, 0.1) is 5.02 Å². The number of nitrogens with one attached hydrogen (secondary N) is 1. The molecule has 1 aromatic carbocycles. The minimum Gasteiger partial charge on any atom is -0.357 e. The van der Waals surface area contributed by atoms with Crippen molar-refractivity contribution in [1.29, 1.82) is 0 Å². The van der Waals surface area contributed by atoms with Crippen LogP contribution in [0.5, 0.6) is 0 Å². The molecule has 31 heavy (non-hydrogen) atoms. The highest BCUT2D eigenvalue weighted by Crippen LogP contribution is 2.24. The lowest BCUT2D eigenvalue weighted by Gasteiger charge is -2.32. The summed E-state index contributed by atoms with van der Waals surface area (Å²) < 4.78 is 2.16. The fourth-order valence-corrected chi connectivity index (χ4v) is 4.18. The second kappa shape index (κ2) is 9.52. The summed E-state index contributed by atoms with van der Waals surface area (Å²) in [7, 11) is 0. The van der Waals surface area contributed by atoms with E-state index in [0.29, 0.717) is 10.9 Å². The molecule has 0 unspecified atom stereocenters. The standard InChI is InChI=1S/C24H28ClN5O/c1-17(2)23-26-10-13-30(23)16-18-4-3-5-21(14-18)28-24(31)19-8-11-29(12-9-19)22-7-6-20(25)15-27-22/h3-7,10,13-15,17,19H,8-9,11-12,16H2,1-2H3,(H,28,31). The number of halogens is 1. The van der Waals surface area contributed by atoms with Gasteiger partial charge in [0.25, 0.3) is 0 Å². The van der Waals surface area contributed by atoms with E-state index >= 15 is 0 Å². The van der Waals surface area contributed by atoms with Crippen LogP contribution in [0, 0.1) is 5.92 Å². The third kappa shape index (κ3) is 5.25. The summed E-state index contributed by atoms with van der Waals surface area (Å²) >= 11 is 5.93. The van der Waals surface area contributed by atoms with Gasteiger partial charge in [0.2, 0.25) is 5.91 Å². The number of carbonyl (C=O) groups is 1. The van der Waals surface area contributed by atoms with Crippen molar-refractivity contribution in [2.75, 3.05) is 23.3 Å². The number of amides is 1. The summed E-state index contributed by atoms with van der Waals surface area (Å²) in [6, 6.07) is 11.9. The van der Waals surface area contributed by atoms with Gasteiger partial charge >= 0.3 is 0 Å². The average Bonchev–Trinajstić information content (AvgIpc) is 3.23. The lowest BCUT2D eigenvalue weighted by molar-refractivity contribution is -0.120. The number of imidazole rings is 1. The Hall–Kier alpha value is -2.86. The molecule has 0 saturated carbocycles. The molecule has 0 spiro atoms. The van der Waals surface area contributed by atoms with Crippen LogP contribution in [0.2, 0.25) is 5.02 Å². The third-order valence-corrected chi connectivity index (χ3v) is 5.94. The fourth-order valence-electron chi connectivity index (χ4n) is 4.07. The topological polar surface area (TPSA) is 63.1 Å². The molecule has 7 heteroatoms. The van der Waals surface area contributed by atoms with Crippen molar-refractivity contribution in [3.63, 3.8) is 0 Å². The SMILES string of the molecule is CC(C)c1nccn1Cc1cccc(NC(=O)C2CCN(c3ccc(Cl)cn3)CC2)c1. The van der Waals surface area contributed by atoms with Crippen LogP contribution in [0.25, 0.3) is 0 Å². The van der Waals surface area contributed by atoms with Gasteiger partial charge in [0, 0.05) is 55.7 Å². The number of carbonyl (C=O) groups excluding carboxylic acids is 1. The van der Waals surface area contributed by atoms with Crippen molar-refractivity contribution < 1.29 is 4.79 Å². The number of nitrogens with zero attached hydrogens (tertiary/aromatic N) is 4. The highest BCUT2D eigenvalue weighted by Gasteiger charge is 2.25. The number of anilines is 2. The Kier molecular flexibility index (Phi) is 6.56. The molecule has 0 aliphatic carbocycles. The molecule has 2 aromatic heterocycles. The van der Waals surface area contributed by atoms with Gasteiger partial charge in [-0.05, 0) is 42.7 Å². The Balaban J connectivity index is 1.34. The summed E-state index contributed by atoms with van der Waals surface area (Å²) in [6.45, 7) is 6.65. The van der Waals surface area contributed by atoms with Crippen LogP contribution >= 0.6 is 11.6 Å². The number of hydrogen-bond acceptors (Lipinski definition) is 4. The summed E-state index contributed by atoms with van der Waals surface area (Å²) in [4.78, 5) is 23.9. The maximum absolute atomic E-state index is 12.8. The van der Waals surface area contributed by atoms with E-state index in [9.17, 15) is 4.79 Å². The Morgan fingerprint density at radius 2 is 2.00 bits per heavy atom. The summed E-state index contributed by atoms with van der Waals surface area (Å²) in [5.74, 6) is 2.44. The lowest BCUT2D eigenvalue weighted by Crippen LogP contribution is -2.38. The normalized spacial score (nSPS) is 14.8. The maximum Gasteiger partial charge on any atom is 0.227 e. The Morgan fingerprint density at radius 3 is 2.71 bits per heavy atom. The zero-order chi connectivity index (χ0) is 21.8. The fraction of sp³-hybridized carbons (Fsp3) is 0.375. The van der Waals surface area contributed by atoms with E-state index in [2.05, 4.69) is 50.7 Å². The molecule has 162 valence electrons. The zero-order valence-corrected chi connectivity index (χ0v) is 18.7. The number of rotatable bonds is 6. The molecular weight excluding hydrogens is 410 g/mol. The summed E-state index contributed by atoms with van der Waals surface area (Å²) in [5.41, 5.74) is 1.98. The van der Waals surface area contributed by atoms with Crippen molar-refractivity contribution >= 4 is 29.0 Å². The Labute approximate surface area is 188 Å². The second-order valence-electron chi connectivity index (χ2n) is 8.35. The highest BCUT2D eigenvalue weighted by molar-refractivity contribution is 6.30. The monoisotopic (exact) mass is 437 g/mol. The zero-order valence-electron chi connectivity index (χ0n) is 18.0. The average molecular weight is 438 g/mol. The molecule has 1 aliphatic heterocycles. The molecule has 0 radical (unpaired) electrons. The predicted octanol–water partition coefficient (Wildman–Crippen LogP) is 4.96. The van der Waals surface area contributed by atoms with Gasteiger partial charge in [-0.25, -0.2) is 9.97 Å². The van der Waals surface area contributed by atoms with E-state index in [1.54, 1.807) is 6.20 Å². The molecule has 1 saturated heterocycles. The molecule has 1 N–H and O–H groups in total. The first-order valence-electron chi connectivity index (χ1n) is 10.8. The van der Waals surface area contributed by atoms with E-state index < -0.39 is 0 Å². The minimum absolute atomic E-state index is 0.00778. The van der Waals surface area contributed by atoms with Gasteiger partial charge in [-0.15, -0.1) is 0 Å². The van der Waals surface area contributed by atoms with Gasteiger partial charge in [-0.2, -0.15) is 0 Å². The molecule has 0 bridgehead atoms. The summed E-state index contributed by atoms with van der Waals surface area (Å²) in [5, 5.41) is 3.75. The van der Waals surface area contributed by atoms with Gasteiger partial charge < -0.3 is 14.8 Å². The van der Waals surface area contributed by atoms with Crippen LogP contribution in [0.3, 0.4) is 0 Å². The Bertz CT molecular complexity index is 1020. The third-order valence-electron chi connectivity index (χ3n) is 5.71. The molecule has 4 rings (SSSR count). The number of benzene rings is 1. The lowest BCUT2D eigenvalue weighted by atomic mass is 9.95. The highest BCUT2D eigenvalue weighted by atomic mass is 35.5. The maximum atomic E-state index is 12.8.